The molecule has 1 N–H and O–H groups in total. The van der Waals surface area contributed by atoms with E-state index in [1.807, 2.05) is 0 Å². The smallest absolute Gasteiger partial charge is 0.461 e. The monoisotopic (exact) mass is 296 g/mol. The molecule has 2 aliphatic rings. The zero-order valence-corrected chi connectivity index (χ0v) is 11.6. The summed E-state index contributed by atoms with van der Waals surface area (Å²) in [7, 11) is -3.69. The highest BCUT2D eigenvalue weighted by Crippen LogP contribution is 2.42. The van der Waals surface area contributed by atoms with Crippen LogP contribution in [0.25, 0.3) is 0 Å². The van der Waals surface area contributed by atoms with E-state index in [0.29, 0.717) is 11.5 Å². The van der Waals surface area contributed by atoms with Crippen LogP contribution in [0.5, 0.6) is 0 Å². The molecule has 0 aromatic heterocycles. The van der Waals surface area contributed by atoms with Crippen LogP contribution in [0.4, 0.5) is 0 Å². The Morgan fingerprint density at radius 2 is 1.53 bits per heavy atom. The number of phosphoric ester groups is 1. The van der Waals surface area contributed by atoms with Crippen molar-refractivity contribution in [3.8, 4) is 0 Å². The van der Waals surface area contributed by atoms with Crippen LogP contribution in [-0.4, -0.2) is 31.7 Å². The van der Waals surface area contributed by atoms with Gasteiger partial charge in [-0.2, -0.15) is 0 Å². The van der Waals surface area contributed by atoms with Crippen LogP contribution in [0.2, 0.25) is 0 Å². The minimum Gasteiger partial charge on any atom is -0.461 e. The number of ether oxygens (including phenoxy) is 4. The van der Waals surface area contributed by atoms with Crippen molar-refractivity contribution in [2.24, 2.45) is 0 Å². The summed E-state index contributed by atoms with van der Waals surface area (Å²) in [4.78, 5) is 8.63. The Morgan fingerprint density at radius 1 is 1.11 bits per heavy atom. The lowest BCUT2D eigenvalue weighted by Crippen LogP contribution is -1.93. The van der Waals surface area contributed by atoms with Crippen LogP contribution < -0.4 is 0 Å². The van der Waals surface area contributed by atoms with Crippen molar-refractivity contribution in [2.75, 3.05) is 26.8 Å². The third-order valence-corrected chi connectivity index (χ3v) is 2.94. The molecule has 0 spiro atoms. The van der Waals surface area contributed by atoms with Gasteiger partial charge in [0.2, 0.25) is 25.1 Å². The van der Waals surface area contributed by atoms with Gasteiger partial charge >= 0.3 is 7.82 Å². The zero-order valence-electron chi connectivity index (χ0n) is 10.7. The molecule has 0 bridgehead atoms. The molecule has 0 unspecified atom stereocenters. The Kier molecular flexibility index (Phi) is 6.72. The molecule has 0 radical (unpaired) electrons. The fourth-order valence-corrected chi connectivity index (χ4v) is 1.83. The van der Waals surface area contributed by atoms with E-state index in [1.165, 1.54) is 12.5 Å². The maximum atomic E-state index is 10.5. The average molecular weight is 296 g/mol. The SMILES string of the molecule is C1=C(C2=COCO2)OCO1.CCOP(=O)(O)OCC. The summed E-state index contributed by atoms with van der Waals surface area (Å²) in [5, 5.41) is 0. The van der Waals surface area contributed by atoms with E-state index in [4.69, 9.17) is 23.8 Å². The van der Waals surface area contributed by atoms with Crippen LogP contribution in [0.3, 0.4) is 0 Å². The number of hydrogen-bond donors (Lipinski definition) is 1. The third kappa shape index (κ3) is 5.98. The minimum absolute atomic E-state index is 0.188. The average Bonchev–Trinajstić information content (AvgIpc) is 3.03. The molecule has 0 aromatic rings. The van der Waals surface area contributed by atoms with Crippen molar-refractivity contribution in [3.63, 3.8) is 0 Å². The molecular weight excluding hydrogens is 279 g/mol. The van der Waals surface area contributed by atoms with Gasteiger partial charge in [0.15, 0.2) is 0 Å². The van der Waals surface area contributed by atoms with E-state index in [0.717, 1.165) is 0 Å². The minimum atomic E-state index is -3.69. The number of hydrogen-bond acceptors (Lipinski definition) is 7. The van der Waals surface area contributed by atoms with Crippen LogP contribution in [-0.2, 0) is 32.6 Å². The van der Waals surface area contributed by atoms with Gasteiger partial charge in [0, 0.05) is 0 Å². The summed E-state index contributed by atoms with van der Waals surface area (Å²) in [6, 6.07) is 0. The van der Waals surface area contributed by atoms with Crippen LogP contribution in [0.15, 0.2) is 24.0 Å². The topological polar surface area (TPSA) is 92.7 Å². The third-order valence-electron chi connectivity index (χ3n) is 1.77. The van der Waals surface area contributed by atoms with Crippen molar-refractivity contribution in [1.82, 2.24) is 0 Å². The van der Waals surface area contributed by atoms with Crippen molar-refractivity contribution in [3.05, 3.63) is 24.0 Å². The second-order valence-electron chi connectivity index (χ2n) is 3.13. The first-order chi connectivity index (χ1) is 9.09. The highest BCUT2D eigenvalue weighted by atomic mass is 31.2. The molecular formula is C10H17O8P. The second kappa shape index (κ2) is 8.06. The zero-order chi connectivity index (χ0) is 14.1. The van der Waals surface area contributed by atoms with E-state index in [2.05, 4.69) is 9.05 Å². The summed E-state index contributed by atoms with van der Waals surface area (Å²) in [6.07, 6.45) is 3.00. The summed E-state index contributed by atoms with van der Waals surface area (Å²) < 4.78 is 38.9. The predicted octanol–water partition coefficient (Wildman–Crippen LogP) is 1.84. The highest BCUT2D eigenvalue weighted by molar-refractivity contribution is 7.47. The molecule has 110 valence electrons. The van der Waals surface area contributed by atoms with Gasteiger partial charge in [-0.1, -0.05) is 0 Å². The first-order valence-electron chi connectivity index (χ1n) is 5.60. The maximum absolute atomic E-state index is 10.5. The highest BCUT2D eigenvalue weighted by Gasteiger charge is 2.18. The Labute approximate surface area is 111 Å². The normalized spacial score (nSPS) is 17.0. The van der Waals surface area contributed by atoms with Gasteiger partial charge in [-0.3, -0.25) is 9.05 Å². The van der Waals surface area contributed by atoms with Gasteiger partial charge in [0.1, 0.15) is 12.5 Å². The maximum Gasteiger partial charge on any atom is 0.472 e. The summed E-state index contributed by atoms with van der Waals surface area (Å²) in [5.74, 6) is 1.19. The summed E-state index contributed by atoms with van der Waals surface area (Å²) in [6.45, 7) is 4.15. The standard InChI is InChI=1S/C6H6O4.C4H11O4P/c1-5(9-3-7-1)6-2-8-4-10-6;1-3-7-9(5,6)8-4-2/h1-2H,3-4H2;3-4H2,1-2H3,(H,5,6). The van der Waals surface area contributed by atoms with E-state index in [1.54, 1.807) is 13.8 Å². The molecule has 2 aliphatic heterocycles. The first kappa shape index (κ1) is 15.8. The van der Waals surface area contributed by atoms with Crippen LogP contribution in [0.1, 0.15) is 13.8 Å². The molecule has 0 aliphatic carbocycles. The van der Waals surface area contributed by atoms with Gasteiger partial charge in [-0.05, 0) is 13.8 Å². The van der Waals surface area contributed by atoms with Crippen LogP contribution >= 0.6 is 7.82 Å². The lowest BCUT2D eigenvalue weighted by Gasteiger charge is -2.07. The Balaban J connectivity index is 0.000000192. The Bertz CT molecular complexity index is 346. The molecule has 0 amide bonds. The van der Waals surface area contributed by atoms with Crippen LogP contribution in [0, 0.1) is 0 Å². The predicted molar refractivity (Wildman–Crippen MR) is 63.3 cm³/mol. The van der Waals surface area contributed by atoms with Crippen molar-refractivity contribution in [1.29, 1.82) is 0 Å². The Hall–Kier alpha value is -1.21. The molecule has 2 heterocycles. The Morgan fingerprint density at radius 3 is 1.79 bits per heavy atom. The molecule has 9 heteroatoms. The fourth-order valence-electron chi connectivity index (χ4n) is 1.10. The largest absolute Gasteiger partial charge is 0.472 e. The van der Waals surface area contributed by atoms with Gasteiger partial charge in [0.05, 0.1) is 13.2 Å². The number of rotatable bonds is 5. The number of phosphoric acid groups is 1. The summed E-state index contributed by atoms with van der Waals surface area (Å²) in [5.41, 5.74) is 0. The lowest BCUT2D eigenvalue weighted by molar-refractivity contribution is 0.0559. The van der Waals surface area contributed by atoms with E-state index in [-0.39, 0.29) is 26.8 Å². The lowest BCUT2D eigenvalue weighted by atomic mass is 10.5. The summed E-state index contributed by atoms with van der Waals surface area (Å²) >= 11 is 0. The molecule has 19 heavy (non-hydrogen) atoms. The fraction of sp³-hybridized carbons (Fsp3) is 0.600. The van der Waals surface area contributed by atoms with Gasteiger partial charge < -0.3 is 23.8 Å². The van der Waals surface area contributed by atoms with Crippen molar-refractivity contribution < 1.29 is 37.5 Å². The molecule has 0 aromatic carbocycles. The second-order valence-corrected chi connectivity index (χ2v) is 4.58. The molecule has 8 nitrogen and oxygen atoms in total. The molecule has 0 atom stereocenters. The van der Waals surface area contributed by atoms with E-state index in [9.17, 15) is 4.57 Å². The van der Waals surface area contributed by atoms with E-state index < -0.39 is 7.82 Å². The quantitative estimate of drug-likeness (QED) is 0.768. The van der Waals surface area contributed by atoms with Gasteiger partial charge in [-0.25, -0.2) is 4.57 Å². The van der Waals surface area contributed by atoms with E-state index >= 15 is 0 Å². The molecule has 0 saturated carbocycles. The molecule has 0 fully saturated rings. The van der Waals surface area contributed by atoms with Gasteiger partial charge in [-0.15, -0.1) is 0 Å². The molecule has 0 saturated heterocycles. The first-order valence-corrected chi connectivity index (χ1v) is 7.10. The molecule has 2 rings (SSSR count). The van der Waals surface area contributed by atoms with Crippen molar-refractivity contribution in [2.45, 2.75) is 13.8 Å². The van der Waals surface area contributed by atoms with Crippen molar-refractivity contribution >= 4 is 7.82 Å². The van der Waals surface area contributed by atoms with Gasteiger partial charge in [0.25, 0.3) is 0 Å².